The molecule has 1 aliphatic heterocycles. The van der Waals surface area contributed by atoms with Gasteiger partial charge in [-0.2, -0.15) is 0 Å². The molecule has 26 heavy (non-hydrogen) atoms. The Morgan fingerprint density at radius 2 is 1.88 bits per heavy atom. The van der Waals surface area contributed by atoms with Crippen molar-refractivity contribution in [2.24, 2.45) is 5.10 Å². The molecule has 2 aromatic rings. The summed E-state index contributed by atoms with van der Waals surface area (Å²) >= 11 is 6.17. The number of hydrogen-bond acceptors (Lipinski definition) is 3. The fourth-order valence-corrected chi connectivity index (χ4v) is 2.89. The van der Waals surface area contributed by atoms with Crippen LogP contribution in [0.1, 0.15) is 25.0 Å². The Morgan fingerprint density at radius 1 is 1.08 bits per heavy atom. The first-order valence-corrected chi connectivity index (χ1v) is 8.91. The zero-order valence-electron chi connectivity index (χ0n) is 14.9. The molecular formula is C22H21ClN2O. The Balaban J connectivity index is 1.85. The van der Waals surface area contributed by atoms with Gasteiger partial charge in [0.25, 0.3) is 0 Å². The fourth-order valence-electron chi connectivity index (χ4n) is 2.70. The molecule has 0 radical (unpaired) electrons. The number of rotatable bonds is 4. The highest BCUT2D eigenvalue weighted by Crippen LogP contribution is 2.28. The van der Waals surface area contributed by atoms with Gasteiger partial charge in [0.2, 0.25) is 5.90 Å². The van der Waals surface area contributed by atoms with Gasteiger partial charge in [-0.3, -0.25) is 0 Å². The van der Waals surface area contributed by atoms with Crippen LogP contribution in [0.2, 0.25) is 5.02 Å². The van der Waals surface area contributed by atoms with Crippen LogP contribution in [0.5, 0.6) is 0 Å². The summed E-state index contributed by atoms with van der Waals surface area (Å²) in [6.45, 7) is 4.45. The molecule has 4 heteroatoms. The fraction of sp³-hybridized carbons (Fsp3) is 0.136. The van der Waals surface area contributed by atoms with E-state index in [0.717, 1.165) is 22.5 Å². The second-order valence-corrected chi connectivity index (χ2v) is 6.19. The molecule has 0 unspecified atom stereocenters. The van der Waals surface area contributed by atoms with Crippen LogP contribution >= 0.6 is 11.6 Å². The SMILES string of the molecule is CC=C1C=CC(OCc2ccccc2)=NN1/C(=C\C)c1cccc(Cl)c1. The lowest BCUT2D eigenvalue weighted by Gasteiger charge is -2.26. The number of allylic oxidation sites excluding steroid dienone is 3. The summed E-state index contributed by atoms with van der Waals surface area (Å²) in [5.74, 6) is 0.570. The first-order chi connectivity index (χ1) is 12.7. The van der Waals surface area contributed by atoms with E-state index in [-0.39, 0.29) is 0 Å². The van der Waals surface area contributed by atoms with Crippen LogP contribution in [0, 0.1) is 0 Å². The van der Waals surface area contributed by atoms with Crippen molar-refractivity contribution in [1.82, 2.24) is 5.01 Å². The molecule has 132 valence electrons. The van der Waals surface area contributed by atoms with Crippen LogP contribution in [0.3, 0.4) is 0 Å². The summed E-state index contributed by atoms with van der Waals surface area (Å²) < 4.78 is 5.89. The minimum atomic E-state index is 0.478. The number of nitrogens with zero attached hydrogens (tertiary/aromatic N) is 2. The molecule has 0 amide bonds. The summed E-state index contributed by atoms with van der Waals surface area (Å²) in [4.78, 5) is 0. The van der Waals surface area contributed by atoms with Crippen molar-refractivity contribution >= 4 is 23.2 Å². The minimum Gasteiger partial charge on any atom is -0.472 e. The Kier molecular flexibility index (Phi) is 5.92. The number of hydrazone groups is 1. The van der Waals surface area contributed by atoms with Gasteiger partial charge < -0.3 is 4.74 Å². The Morgan fingerprint density at radius 3 is 2.58 bits per heavy atom. The van der Waals surface area contributed by atoms with Crippen molar-refractivity contribution in [1.29, 1.82) is 0 Å². The maximum Gasteiger partial charge on any atom is 0.232 e. The maximum absolute atomic E-state index is 6.17. The summed E-state index contributed by atoms with van der Waals surface area (Å²) in [5.41, 5.74) is 4.03. The van der Waals surface area contributed by atoms with Crippen molar-refractivity contribution in [3.63, 3.8) is 0 Å². The van der Waals surface area contributed by atoms with Crippen LogP contribution in [0.25, 0.3) is 5.70 Å². The largest absolute Gasteiger partial charge is 0.472 e. The van der Waals surface area contributed by atoms with Crippen molar-refractivity contribution in [2.45, 2.75) is 20.5 Å². The van der Waals surface area contributed by atoms with Gasteiger partial charge in [-0.05, 0) is 37.6 Å². The van der Waals surface area contributed by atoms with Crippen molar-refractivity contribution < 1.29 is 4.74 Å². The molecule has 0 aromatic heterocycles. The molecule has 3 rings (SSSR count). The van der Waals surface area contributed by atoms with Gasteiger partial charge in [0.15, 0.2) is 0 Å². The molecule has 1 aliphatic rings. The molecule has 0 saturated heterocycles. The van der Waals surface area contributed by atoms with Crippen LogP contribution in [-0.4, -0.2) is 10.9 Å². The first-order valence-electron chi connectivity index (χ1n) is 8.53. The van der Waals surface area contributed by atoms with Gasteiger partial charge in [-0.15, -0.1) is 5.10 Å². The van der Waals surface area contributed by atoms with Crippen LogP contribution in [-0.2, 0) is 11.3 Å². The molecule has 3 nitrogen and oxygen atoms in total. The summed E-state index contributed by atoms with van der Waals surface area (Å²) in [6, 6.07) is 17.8. The van der Waals surface area contributed by atoms with Crippen LogP contribution in [0.4, 0.5) is 0 Å². The Bertz CT molecular complexity index is 882. The summed E-state index contributed by atoms with van der Waals surface area (Å²) in [7, 11) is 0. The molecule has 0 saturated carbocycles. The summed E-state index contributed by atoms with van der Waals surface area (Å²) in [6.07, 6.45) is 7.93. The van der Waals surface area contributed by atoms with E-state index in [0.29, 0.717) is 17.5 Å². The summed E-state index contributed by atoms with van der Waals surface area (Å²) in [5, 5.41) is 7.26. The lowest BCUT2D eigenvalue weighted by Crippen LogP contribution is -2.21. The van der Waals surface area contributed by atoms with E-state index in [1.165, 1.54) is 0 Å². The minimum absolute atomic E-state index is 0.478. The highest BCUT2D eigenvalue weighted by atomic mass is 35.5. The van der Waals surface area contributed by atoms with Crippen molar-refractivity contribution in [2.75, 3.05) is 0 Å². The molecular weight excluding hydrogens is 344 g/mol. The highest BCUT2D eigenvalue weighted by molar-refractivity contribution is 6.30. The van der Waals surface area contributed by atoms with Crippen molar-refractivity contribution in [3.8, 4) is 0 Å². The number of ether oxygens (including phenoxy) is 1. The zero-order valence-corrected chi connectivity index (χ0v) is 15.6. The van der Waals surface area contributed by atoms with Gasteiger partial charge in [-0.25, -0.2) is 5.01 Å². The molecule has 0 bridgehead atoms. The quantitative estimate of drug-likeness (QED) is 0.663. The smallest absolute Gasteiger partial charge is 0.232 e. The molecule has 0 atom stereocenters. The van der Waals surface area contributed by atoms with E-state index in [4.69, 9.17) is 16.3 Å². The Labute approximate surface area is 159 Å². The lowest BCUT2D eigenvalue weighted by molar-refractivity contribution is 0.284. The van der Waals surface area contributed by atoms with E-state index < -0.39 is 0 Å². The van der Waals surface area contributed by atoms with Crippen LogP contribution in [0.15, 0.2) is 89.7 Å². The van der Waals surface area contributed by atoms with E-state index in [1.807, 2.05) is 97.8 Å². The molecule has 1 heterocycles. The van der Waals surface area contributed by atoms with Gasteiger partial charge in [-0.1, -0.05) is 66.2 Å². The normalized spacial score (nSPS) is 16.0. The standard InChI is InChI=1S/C22H21ClN2O/c1-3-20-13-14-22(26-16-17-9-6-5-7-10-17)24-25(20)21(4-2)18-11-8-12-19(23)15-18/h3-15H,16H2,1-2H3/b20-3?,21-4-. The molecule has 0 N–H and O–H groups in total. The monoisotopic (exact) mass is 364 g/mol. The third-order valence-corrected chi connectivity index (χ3v) is 4.22. The number of hydrogen-bond donors (Lipinski definition) is 0. The molecule has 0 fully saturated rings. The number of halogens is 1. The average molecular weight is 365 g/mol. The highest BCUT2D eigenvalue weighted by Gasteiger charge is 2.18. The van der Waals surface area contributed by atoms with E-state index in [2.05, 4.69) is 5.10 Å². The number of benzene rings is 2. The van der Waals surface area contributed by atoms with Gasteiger partial charge in [0.1, 0.15) is 6.61 Å². The third kappa shape index (κ3) is 4.24. The predicted molar refractivity (Wildman–Crippen MR) is 109 cm³/mol. The predicted octanol–water partition coefficient (Wildman–Crippen LogP) is 6.01. The Hall–Kier alpha value is -2.78. The molecule has 2 aromatic carbocycles. The second kappa shape index (κ2) is 8.54. The topological polar surface area (TPSA) is 24.8 Å². The van der Waals surface area contributed by atoms with Crippen molar-refractivity contribution in [3.05, 3.63) is 101 Å². The van der Waals surface area contributed by atoms with E-state index in [9.17, 15) is 0 Å². The average Bonchev–Trinajstić information content (AvgIpc) is 2.68. The van der Waals surface area contributed by atoms with E-state index >= 15 is 0 Å². The third-order valence-electron chi connectivity index (χ3n) is 3.99. The van der Waals surface area contributed by atoms with Gasteiger partial charge in [0, 0.05) is 16.7 Å². The van der Waals surface area contributed by atoms with E-state index in [1.54, 1.807) is 0 Å². The van der Waals surface area contributed by atoms with Gasteiger partial charge in [0.05, 0.1) is 11.4 Å². The second-order valence-electron chi connectivity index (χ2n) is 5.76. The zero-order chi connectivity index (χ0) is 18.4. The lowest BCUT2D eigenvalue weighted by atomic mass is 10.1. The van der Waals surface area contributed by atoms with Crippen LogP contribution < -0.4 is 0 Å². The molecule has 0 spiro atoms. The molecule has 0 aliphatic carbocycles. The van der Waals surface area contributed by atoms with Gasteiger partial charge >= 0.3 is 0 Å². The maximum atomic E-state index is 6.17. The first kappa shape index (κ1) is 18.0.